The molecule has 0 spiro atoms. The van der Waals surface area contributed by atoms with Gasteiger partial charge in [-0.3, -0.25) is 0 Å². The lowest BCUT2D eigenvalue weighted by Gasteiger charge is -2.26. The van der Waals surface area contributed by atoms with Gasteiger partial charge in [0.2, 0.25) is 0 Å². The van der Waals surface area contributed by atoms with Crippen molar-refractivity contribution in [1.82, 2.24) is 5.32 Å². The van der Waals surface area contributed by atoms with E-state index in [4.69, 9.17) is 5.73 Å². The number of aryl methyl sites for hydroxylation is 1. The Morgan fingerprint density at radius 2 is 2.47 bits per heavy atom. The predicted octanol–water partition coefficient (Wildman–Crippen LogP) is 2.01. The molecule has 0 unspecified atom stereocenters. The van der Waals surface area contributed by atoms with Gasteiger partial charge in [0.15, 0.2) is 5.96 Å². The fraction of sp³-hybridized carbons (Fsp3) is 0.545. The molecule has 1 fully saturated rings. The zero-order valence-electron chi connectivity index (χ0n) is 8.99. The molecule has 0 radical (unpaired) electrons. The molecule has 15 heavy (non-hydrogen) atoms. The number of nitrogens with two attached hydrogens (primary N) is 1. The average Bonchev–Trinajstić information content (AvgIpc) is 2.55. The van der Waals surface area contributed by atoms with Crippen molar-refractivity contribution in [3.05, 3.63) is 21.9 Å². The number of nitrogens with one attached hydrogen (secondary N) is 1. The van der Waals surface area contributed by atoms with Crippen LogP contribution in [0.1, 0.15) is 29.7 Å². The molecule has 2 rings (SSSR count). The summed E-state index contributed by atoms with van der Waals surface area (Å²) in [7, 11) is 0. The van der Waals surface area contributed by atoms with Crippen molar-refractivity contribution in [1.29, 1.82) is 0 Å². The van der Waals surface area contributed by atoms with Crippen LogP contribution in [-0.2, 0) is 6.54 Å². The van der Waals surface area contributed by atoms with E-state index >= 15 is 0 Å². The Morgan fingerprint density at radius 3 is 3.00 bits per heavy atom. The lowest BCUT2D eigenvalue weighted by Crippen LogP contribution is -2.43. The van der Waals surface area contributed by atoms with Gasteiger partial charge < -0.3 is 11.1 Å². The number of thiophene rings is 1. The number of guanidine groups is 1. The van der Waals surface area contributed by atoms with E-state index in [1.807, 2.05) is 0 Å². The fourth-order valence-electron chi connectivity index (χ4n) is 1.54. The second-order valence-electron chi connectivity index (χ2n) is 4.06. The van der Waals surface area contributed by atoms with E-state index in [0.717, 1.165) is 0 Å². The highest BCUT2D eigenvalue weighted by Gasteiger charge is 2.17. The highest BCUT2D eigenvalue weighted by Crippen LogP contribution is 2.18. The second kappa shape index (κ2) is 4.66. The summed E-state index contributed by atoms with van der Waals surface area (Å²) in [5.74, 6) is 0.589. The predicted molar refractivity (Wildman–Crippen MR) is 65.2 cm³/mol. The average molecular weight is 223 g/mol. The second-order valence-corrected chi connectivity index (χ2v) is 5.06. The first kappa shape index (κ1) is 10.5. The van der Waals surface area contributed by atoms with Crippen LogP contribution in [0.5, 0.6) is 0 Å². The normalized spacial score (nSPS) is 17.5. The molecular formula is C11H17N3S. The van der Waals surface area contributed by atoms with E-state index in [2.05, 4.69) is 28.7 Å². The molecule has 0 atom stereocenters. The van der Waals surface area contributed by atoms with E-state index < -0.39 is 0 Å². The van der Waals surface area contributed by atoms with E-state index in [0.29, 0.717) is 18.5 Å². The molecule has 0 aliphatic heterocycles. The minimum atomic E-state index is 0.568. The zero-order valence-corrected chi connectivity index (χ0v) is 9.81. The quantitative estimate of drug-likeness (QED) is 0.608. The highest BCUT2D eigenvalue weighted by molar-refractivity contribution is 7.10. The molecule has 1 saturated carbocycles. The topological polar surface area (TPSA) is 50.4 Å². The third-order valence-corrected chi connectivity index (χ3v) is 3.69. The molecule has 1 aromatic rings. The summed E-state index contributed by atoms with van der Waals surface area (Å²) in [5, 5.41) is 5.37. The van der Waals surface area contributed by atoms with Gasteiger partial charge in [-0.2, -0.15) is 0 Å². The molecule has 1 heterocycles. The van der Waals surface area contributed by atoms with Crippen LogP contribution < -0.4 is 11.1 Å². The Balaban J connectivity index is 1.81. The molecule has 3 nitrogen and oxygen atoms in total. The number of aliphatic imine (C=N–C) groups is 1. The van der Waals surface area contributed by atoms with Crippen molar-refractivity contribution in [3.63, 3.8) is 0 Å². The number of nitrogens with zero attached hydrogens (tertiary/aromatic N) is 1. The van der Waals surface area contributed by atoms with Crippen LogP contribution in [-0.4, -0.2) is 12.0 Å². The van der Waals surface area contributed by atoms with Crippen LogP contribution in [0.4, 0.5) is 0 Å². The minimum absolute atomic E-state index is 0.568. The Labute approximate surface area is 94.4 Å². The fourth-order valence-corrected chi connectivity index (χ4v) is 2.34. The number of hydrogen-bond donors (Lipinski definition) is 2. The van der Waals surface area contributed by atoms with Crippen LogP contribution in [0.25, 0.3) is 0 Å². The van der Waals surface area contributed by atoms with Crippen molar-refractivity contribution in [2.75, 3.05) is 0 Å². The lowest BCUT2D eigenvalue weighted by molar-refractivity contribution is 0.382. The SMILES string of the molecule is Cc1csc(CN=C(N)NC2CCC2)c1. The molecule has 82 valence electrons. The van der Waals surface area contributed by atoms with Crippen molar-refractivity contribution in [3.8, 4) is 0 Å². The molecule has 3 N–H and O–H groups in total. The van der Waals surface area contributed by atoms with E-state index in [9.17, 15) is 0 Å². The third-order valence-electron chi connectivity index (χ3n) is 2.65. The first-order chi connectivity index (χ1) is 7.24. The van der Waals surface area contributed by atoms with Gasteiger partial charge in [0, 0.05) is 10.9 Å². The van der Waals surface area contributed by atoms with Crippen LogP contribution in [0.15, 0.2) is 16.4 Å². The maximum Gasteiger partial charge on any atom is 0.189 e. The van der Waals surface area contributed by atoms with Gasteiger partial charge in [-0.05, 0) is 43.2 Å². The van der Waals surface area contributed by atoms with E-state index in [-0.39, 0.29) is 0 Å². The van der Waals surface area contributed by atoms with Gasteiger partial charge in [-0.25, -0.2) is 4.99 Å². The minimum Gasteiger partial charge on any atom is -0.370 e. The van der Waals surface area contributed by atoms with E-state index in [1.165, 1.54) is 29.7 Å². The summed E-state index contributed by atoms with van der Waals surface area (Å²) in [6, 6.07) is 2.73. The Bertz CT molecular complexity index is 352. The summed E-state index contributed by atoms with van der Waals surface area (Å²) < 4.78 is 0. The summed E-state index contributed by atoms with van der Waals surface area (Å²) in [6.07, 6.45) is 3.78. The summed E-state index contributed by atoms with van der Waals surface area (Å²) in [6.45, 7) is 2.80. The summed E-state index contributed by atoms with van der Waals surface area (Å²) >= 11 is 1.74. The van der Waals surface area contributed by atoms with Crippen LogP contribution in [0, 0.1) is 6.92 Å². The number of hydrogen-bond acceptors (Lipinski definition) is 2. The molecule has 1 aromatic heterocycles. The van der Waals surface area contributed by atoms with Gasteiger partial charge in [0.1, 0.15) is 0 Å². The van der Waals surface area contributed by atoms with Gasteiger partial charge in [-0.1, -0.05) is 0 Å². The monoisotopic (exact) mass is 223 g/mol. The molecule has 0 amide bonds. The molecule has 1 aliphatic carbocycles. The highest BCUT2D eigenvalue weighted by atomic mass is 32.1. The molecule has 0 saturated heterocycles. The Morgan fingerprint density at radius 1 is 1.67 bits per heavy atom. The van der Waals surface area contributed by atoms with Gasteiger partial charge in [0.25, 0.3) is 0 Å². The Kier molecular flexibility index (Phi) is 3.26. The Hall–Kier alpha value is -1.03. The molecule has 4 heteroatoms. The van der Waals surface area contributed by atoms with Gasteiger partial charge in [0.05, 0.1) is 6.54 Å². The van der Waals surface area contributed by atoms with E-state index in [1.54, 1.807) is 11.3 Å². The first-order valence-corrected chi connectivity index (χ1v) is 6.22. The van der Waals surface area contributed by atoms with Gasteiger partial charge in [-0.15, -0.1) is 11.3 Å². The summed E-state index contributed by atoms with van der Waals surface area (Å²) in [5.41, 5.74) is 7.08. The van der Waals surface area contributed by atoms with Crippen LogP contribution in [0.2, 0.25) is 0 Å². The first-order valence-electron chi connectivity index (χ1n) is 5.34. The maximum absolute atomic E-state index is 5.78. The largest absolute Gasteiger partial charge is 0.370 e. The molecular weight excluding hydrogens is 206 g/mol. The van der Waals surface area contributed by atoms with Crippen molar-refractivity contribution in [2.45, 2.75) is 38.8 Å². The van der Waals surface area contributed by atoms with Crippen molar-refractivity contribution in [2.24, 2.45) is 10.7 Å². The van der Waals surface area contributed by atoms with Gasteiger partial charge >= 0.3 is 0 Å². The molecule has 1 aliphatic rings. The third kappa shape index (κ3) is 2.96. The maximum atomic E-state index is 5.78. The number of rotatable bonds is 3. The lowest BCUT2D eigenvalue weighted by atomic mass is 9.93. The standard InChI is InChI=1S/C11H17N3S/c1-8-5-10(15-7-8)6-13-11(12)14-9-3-2-4-9/h5,7,9H,2-4,6H2,1H3,(H3,12,13,14). The van der Waals surface area contributed by atoms with Crippen molar-refractivity contribution >= 4 is 17.3 Å². The molecule has 0 bridgehead atoms. The van der Waals surface area contributed by atoms with Crippen LogP contribution >= 0.6 is 11.3 Å². The zero-order chi connectivity index (χ0) is 10.7. The summed E-state index contributed by atoms with van der Waals surface area (Å²) in [4.78, 5) is 5.59. The van der Waals surface area contributed by atoms with Crippen LogP contribution in [0.3, 0.4) is 0 Å². The van der Waals surface area contributed by atoms with Crippen molar-refractivity contribution < 1.29 is 0 Å². The molecule has 0 aromatic carbocycles. The smallest absolute Gasteiger partial charge is 0.189 e.